The molecule has 118 valence electrons. The Labute approximate surface area is 125 Å². The largest absolute Gasteiger partial charge is 0.492 e. The maximum absolute atomic E-state index is 12.3. The van der Waals surface area contributed by atoms with Gasteiger partial charge in [0.05, 0.1) is 12.4 Å². The van der Waals surface area contributed by atoms with E-state index in [-0.39, 0.29) is 25.0 Å². The van der Waals surface area contributed by atoms with E-state index in [0.29, 0.717) is 24.4 Å². The zero-order valence-electron chi connectivity index (χ0n) is 11.9. The molecule has 7 heteroatoms. The first-order chi connectivity index (χ1) is 10.0. The highest BCUT2D eigenvalue weighted by Gasteiger charge is 2.31. The molecule has 1 atom stereocenters. The molecule has 1 saturated heterocycles. The van der Waals surface area contributed by atoms with Gasteiger partial charge in [-0.05, 0) is 25.0 Å². The summed E-state index contributed by atoms with van der Waals surface area (Å²) in [5.74, 6) is 0.459. The van der Waals surface area contributed by atoms with Crippen LogP contribution in [0.1, 0.15) is 19.3 Å². The molecule has 0 bridgehead atoms. The Hall–Kier alpha value is -1.31. The van der Waals surface area contributed by atoms with E-state index in [0.717, 1.165) is 12.8 Å². The first-order valence-electron chi connectivity index (χ1n) is 7.11. The van der Waals surface area contributed by atoms with E-state index in [4.69, 9.17) is 10.5 Å². The van der Waals surface area contributed by atoms with Crippen molar-refractivity contribution < 1.29 is 18.3 Å². The average molecular weight is 314 g/mol. The third-order valence-electron chi connectivity index (χ3n) is 3.61. The van der Waals surface area contributed by atoms with Gasteiger partial charge in [-0.15, -0.1) is 0 Å². The number of aliphatic hydroxyl groups excluding tert-OH is 1. The first kappa shape index (κ1) is 16.1. The molecule has 0 saturated carbocycles. The quantitative estimate of drug-likeness (QED) is 0.759. The van der Waals surface area contributed by atoms with Gasteiger partial charge in [0.15, 0.2) is 0 Å². The molecule has 1 fully saturated rings. The second-order valence-corrected chi connectivity index (χ2v) is 7.22. The maximum atomic E-state index is 12.3. The minimum absolute atomic E-state index is 0.0699. The third-order valence-corrected chi connectivity index (χ3v) is 5.49. The predicted molar refractivity (Wildman–Crippen MR) is 81.6 cm³/mol. The van der Waals surface area contributed by atoms with Crippen LogP contribution in [0.3, 0.4) is 0 Å². The van der Waals surface area contributed by atoms with E-state index in [9.17, 15) is 13.5 Å². The van der Waals surface area contributed by atoms with Crippen molar-refractivity contribution in [2.75, 3.05) is 31.2 Å². The number of sulfonamides is 1. The summed E-state index contributed by atoms with van der Waals surface area (Å²) in [7, 11) is -3.41. The minimum atomic E-state index is -3.41. The second-order valence-electron chi connectivity index (χ2n) is 5.18. The molecule has 2 rings (SSSR count). The van der Waals surface area contributed by atoms with Crippen molar-refractivity contribution in [3.8, 4) is 5.75 Å². The monoisotopic (exact) mass is 314 g/mol. The molecule has 21 heavy (non-hydrogen) atoms. The predicted octanol–water partition coefficient (Wildman–Crippen LogP) is 0.824. The van der Waals surface area contributed by atoms with Crippen LogP contribution in [-0.4, -0.2) is 49.4 Å². The van der Waals surface area contributed by atoms with Gasteiger partial charge in [-0.2, -0.15) is 4.31 Å². The SMILES string of the molecule is Nc1cccc(OCCS(=O)(=O)N2CCCCC2CO)c1. The molecule has 1 heterocycles. The zero-order valence-corrected chi connectivity index (χ0v) is 12.8. The van der Waals surface area contributed by atoms with E-state index >= 15 is 0 Å². The highest BCUT2D eigenvalue weighted by molar-refractivity contribution is 7.89. The molecule has 1 aliphatic rings. The Morgan fingerprint density at radius 2 is 2.19 bits per heavy atom. The average Bonchev–Trinajstić information content (AvgIpc) is 2.47. The van der Waals surface area contributed by atoms with Crippen molar-refractivity contribution in [2.24, 2.45) is 0 Å². The van der Waals surface area contributed by atoms with Gasteiger partial charge in [-0.1, -0.05) is 12.5 Å². The summed E-state index contributed by atoms with van der Waals surface area (Å²) in [5, 5.41) is 9.31. The fourth-order valence-electron chi connectivity index (χ4n) is 2.51. The Balaban J connectivity index is 1.91. The summed E-state index contributed by atoms with van der Waals surface area (Å²) in [6.45, 7) is 0.418. The molecule has 1 aliphatic heterocycles. The number of anilines is 1. The van der Waals surface area contributed by atoms with Crippen LogP contribution in [0, 0.1) is 0 Å². The second kappa shape index (κ2) is 7.11. The number of hydrogen-bond acceptors (Lipinski definition) is 5. The summed E-state index contributed by atoms with van der Waals surface area (Å²) < 4.78 is 31.5. The Bertz CT molecular complexity index is 562. The zero-order chi connectivity index (χ0) is 15.3. The van der Waals surface area contributed by atoms with Crippen LogP contribution >= 0.6 is 0 Å². The molecule has 1 aromatic rings. The van der Waals surface area contributed by atoms with Crippen molar-refractivity contribution in [1.82, 2.24) is 4.31 Å². The summed E-state index contributed by atoms with van der Waals surface area (Å²) in [5.41, 5.74) is 6.21. The number of piperidine rings is 1. The minimum Gasteiger partial charge on any atom is -0.492 e. The van der Waals surface area contributed by atoms with E-state index in [1.54, 1.807) is 24.3 Å². The Morgan fingerprint density at radius 3 is 2.90 bits per heavy atom. The molecular formula is C14H22N2O4S. The molecule has 1 unspecified atom stereocenters. The molecule has 0 aliphatic carbocycles. The molecule has 1 aromatic carbocycles. The Kier molecular flexibility index (Phi) is 5.44. The number of rotatable bonds is 6. The van der Waals surface area contributed by atoms with Crippen LogP contribution in [0.2, 0.25) is 0 Å². The van der Waals surface area contributed by atoms with Gasteiger partial charge >= 0.3 is 0 Å². The molecule has 0 radical (unpaired) electrons. The third kappa shape index (κ3) is 4.33. The van der Waals surface area contributed by atoms with Gasteiger partial charge in [0.1, 0.15) is 12.4 Å². The van der Waals surface area contributed by atoms with Gasteiger partial charge in [-0.3, -0.25) is 0 Å². The molecule has 6 nitrogen and oxygen atoms in total. The van der Waals surface area contributed by atoms with Crippen LogP contribution in [0.5, 0.6) is 5.75 Å². The maximum Gasteiger partial charge on any atom is 0.217 e. The number of nitrogen functional groups attached to an aromatic ring is 1. The van der Waals surface area contributed by atoms with E-state index in [2.05, 4.69) is 0 Å². The van der Waals surface area contributed by atoms with Gasteiger partial charge < -0.3 is 15.6 Å². The van der Waals surface area contributed by atoms with E-state index < -0.39 is 10.0 Å². The summed E-state index contributed by atoms with van der Waals surface area (Å²) in [6.07, 6.45) is 2.51. The lowest BCUT2D eigenvalue weighted by Gasteiger charge is -2.33. The highest BCUT2D eigenvalue weighted by atomic mass is 32.2. The highest BCUT2D eigenvalue weighted by Crippen LogP contribution is 2.21. The van der Waals surface area contributed by atoms with Gasteiger partial charge in [0.25, 0.3) is 0 Å². The fraction of sp³-hybridized carbons (Fsp3) is 0.571. The number of nitrogens with two attached hydrogens (primary N) is 1. The van der Waals surface area contributed by atoms with Crippen molar-refractivity contribution in [2.45, 2.75) is 25.3 Å². The number of aliphatic hydroxyl groups is 1. The van der Waals surface area contributed by atoms with Gasteiger partial charge in [-0.25, -0.2) is 8.42 Å². The molecule has 0 amide bonds. The van der Waals surface area contributed by atoms with Crippen LogP contribution in [-0.2, 0) is 10.0 Å². The van der Waals surface area contributed by atoms with E-state index in [1.165, 1.54) is 4.31 Å². The summed E-state index contributed by atoms with van der Waals surface area (Å²) in [4.78, 5) is 0. The number of ether oxygens (including phenoxy) is 1. The Morgan fingerprint density at radius 1 is 1.38 bits per heavy atom. The smallest absolute Gasteiger partial charge is 0.217 e. The first-order valence-corrected chi connectivity index (χ1v) is 8.72. The fourth-order valence-corrected chi connectivity index (χ4v) is 4.07. The van der Waals surface area contributed by atoms with Crippen molar-refractivity contribution >= 4 is 15.7 Å². The number of hydrogen-bond donors (Lipinski definition) is 2. The van der Waals surface area contributed by atoms with Gasteiger partial charge in [0, 0.05) is 24.3 Å². The molecule has 0 aromatic heterocycles. The number of benzene rings is 1. The summed E-state index contributed by atoms with van der Waals surface area (Å²) >= 11 is 0. The summed E-state index contributed by atoms with van der Waals surface area (Å²) in [6, 6.07) is 6.59. The number of nitrogens with zero attached hydrogens (tertiary/aromatic N) is 1. The normalized spacial score (nSPS) is 20.3. The molecular weight excluding hydrogens is 292 g/mol. The lowest BCUT2D eigenvalue weighted by molar-refractivity contribution is 0.154. The van der Waals surface area contributed by atoms with Crippen LogP contribution < -0.4 is 10.5 Å². The topological polar surface area (TPSA) is 92.9 Å². The molecule has 0 spiro atoms. The van der Waals surface area contributed by atoms with Gasteiger partial charge in [0.2, 0.25) is 10.0 Å². The van der Waals surface area contributed by atoms with Crippen LogP contribution in [0.25, 0.3) is 0 Å². The lowest BCUT2D eigenvalue weighted by atomic mass is 10.1. The van der Waals surface area contributed by atoms with Crippen molar-refractivity contribution in [3.63, 3.8) is 0 Å². The van der Waals surface area contributed by atoms with Crippen molar-refractivity contribution in [3.05, 3.63) is 24.3 Å². The molecule has 3 N–H and O–H groups in total. The van der Waals surface area contributed by atoms with E-state index in [1.807, 2.05) is 0 Å². The van der Waals surface area contributed by atoms with Crippen LogP contribution in [0.4, 0.5) is 5.69 Å². The standard InChI is InChI=1S/C14H22N2O4S/c15-12-4-3-6-14(10-12)20-8-9-21(18,19)16-7-2-1-5-13(16)11-17/h3-4,6,10,13,17H,1-2,5,7-9,11,15H2. The van der Waals surface area contributed by atoms with Crippen molar-refractivity contribution in [1.29, 1.82) is 0 Å². The lowest BCUT2D eigenvalue weighted by Crippen LogP contribution is -2.47. The van der Waals surface area contributed by atoms with Crippen LogP contribution in [0.15, 0.2) is 24.3 Å².